The largest absolute Gasteiger partial charge is 0.494 e. The molecule has 36 heavy (non-hydrogen) atoms. The first kappa shape index (κ1) is 24.5. The lowest BCUT2D eigenvalue weighted by Crippen LogP contribution is -2.21. The van der Waals surface area contributed by atoms with Gasteiger partial charge >= 0.3 is 5.97 Å². The molecule has 2 heterocycles. The molecule has 0 bridgehead atoms. The van der Waals surface area contributed by atoms with Gasteiger partial charge in [-0.2, -0.15) is 0 Å². The summed E-state index contributed by atoms with van der Waals surface area (Å²) in [5.74, 6) is -7.05. The average molecular weight is 520 g/mol. The Morgan fingerprint density at radius 2 is 1.83 bits per heavy atom. The van der Waals surface area contributed by atoms with E-state index in [4.69, 9.17) is 15.6 Å². The molecule has 10 nitrogen and oxygen atoms in total. The molecule has 4 aromatic rings. The number of fused-ring (bicyclic) bond motifs is 1. The molecule has 4 N–H and O–H groups in total. The number of carbonyl (C=O) groups is 2. The Balaban J connectivity index is 1.93. The Morgan fingerprint density at radius 3 is 2.44 bits per heavy atom. The van der Waals surface area contributed by atoms with E-state index in [0.29, 0.717) is 12.1 Å². The van der Waals surface area contributed by atoms with Crippen LogP contribution in [0.4, 0.5) is 18.9 Å². The van der Waals surface area contributed by atoms with Crippen LogP contribution >= 0.6 is 0 Å². The number of sulfonamides is 1. The molecule has 0 atom stereocenters. The van der Waals surface area contributed by atoms with Crippen molar-refractivity contribution in [3.05, 3.63) is 77.4 Å². The molecule has 0 radical (unpaired) electrons. The number of benzene rings is 2. The number of carboxylic acid groups (broad SMARTS) is 1. The van der Waals surface area contributed by atoms with Crippen LogP contribution in [0.5, 0.6) is 5.75 Å². The Bertz CT molecular complexity index is 1670. The molecular formula is C22H15F3N4O6S. The van der Waals surface area contributed by atoms with Crippen LogP contribution in [0.25, 0.3) is 16.7 Å². The van der Waals surface area contributed by atoms with E-state index in [1.165, 1.54) is 25.4 Å². The third-order valence-electron chi connectivity index (χ3n) is 5.15. The Labute approximate surface area is 200 Å². The smallest absolute Gasteiger partial charge is 0.337 e. The fourth-order valence-corrected chi connectivity index (χ4v) is 4.55. The van der Waals surface area contributed by atoms with Gasteiger partial charge in [0.15, 0.2) is 17.4 Å². The first-order valence-electron chi connectivity index (χ1n) is 9.83. The highest BCUT2D eigenvalue weighted by Crippen LogP contribution is 2.33. The van der Waals surface area contributed by atoms with Crippen LogP contribution in [0.1, 0.15) is 20.7 Å². The highest BCUT2D eigenvalue weighted by molar-refractivity contribution is 7.92. The summed E-state index contributed by atoms with van der Waals surface area (Å²) in [5.41, 5.74) is 2.39. The predicted octanol–water partition coefficient (Wildman–Crippen LogP) is 3.05. The summed E-state index contributed by atoms with van der Waals surface area (Å²) in [6.07, 6.45) is 2.25. The minimum Gasteiger partial charge on any atom is -0.494 e. The van der Waals surface area contributed by atoms with Crippen molar-refractivity contribution in [1.82, 2.24) is 9.55 Å². The monoisotopic (exact) mass is 520 g/mol. The number of rotatable bonds is 7. The second-order valence-electron chi connectivity index (χ2n) is 7.34. The van der Waals surface area contributed by atoms with Gasteiger partial charge in [0, 0.05) is 23.8 Å². The summed E-state index contributed by atoms with van der Waals surface area (Å²) in [6.45, 7) is 0. The lowest BCUT2D eigenvalue weighted by Gasteiger charge is -2.17. The SMILES string of the molecule is COc1ccc(S(=O)(=O)Nc2c(-n3ccc4cc(C(=O)O)cnc43)cc(F)c(C(N)=O)c2F)cc1F. The van der Waals surface area contributed by atoms with Crippen LogP contribution in [0.3, 0.4) is 0 Å². The molecule has 0 aliphatic rings. The number of halogens is 3. The van der Waals surface area contributed by atoms with Crippen LogP contribution in [-0.4, -0.2) is 42.1 Å². The van der Waals surface area contributed by atoms with Crippen LogP contribution in [0.2, 0.25) is 0 Å². The molecule has 4 rings (SSSR count). The van der Waals surface area contributed by atoms with Crippen LogP contribution in [0.15, 0.2) is 53.7 Å². The highest BCUT2D eigenvalue weighted by Gasteiger charge is 2.28. The summed E-state index contributed by atoms with van der Waals surface area (Å²) in [4.78, 5) is 26.3. The zero-order valence-electron chi connectivity index (χ0n) is 18.1. The number of nitrogens with one attached hydrogen (secondary N) is 1. The zero-order chi connectivity index (χ0) is 26.4. The molecule has 0 spiro atoms. The number of anilines is 1. The summed E-state index contributed by atoms with van der Waals surface area (Å²) >= 11 is 0. The third kappa shape index (κ3) is 4.17. The summed E-state index contributed by atoms with van der Waals surface area (Å²) in [5, 5.41) is 9.41. The second-order valence-corrected chi connectivity index (χ2v) is 9.02. The molecule has 0 saturated heterocycles. The zero-order valence-corrected chi connectivity index (χ0v) is 18.9. The van der Waals surface area contributed by atoms with E-state index in [0.717, 1.165) is 22.9 Å². The number of carbonyl (C=O) groups excluding carboxylic acids is 1. The Hall–Kier alpha value is -4.59. The van der Waals surface area contributed by atoms with Gasteiger partial charge < -0.3 is 15.6 Å². The van der Waals surface area contributed by atoms with Crippen molar-refractivity contribution in [2.75, 3.05) is 11.8 Å². The van der Waals surface area contributed by atoms with Gasteiger partial charge in [-0.25, -0.2) is 31.4 Å². The Kier molecular flexibility index (Phi) is 6.05. The minimum atomic E-state index is -4.69. The van der Waals surface area contributed by atoms with Crippen molar-refractivity contribution in [3.8, 4) is 11.4 Å². The first-order valence-corrected chi connectivity index (χ1v) is 11.3. The number of nitrogens with zero attached hydrogens (tertiary/aromatic N) is 2. The van der Waals surface area contributed by atoms with Crippen LogP contribution < -0.4 is 15.2 Å². The molecule has 0 fully saturated rings. The van der Waals surface area contributed by atoms with E-state index >= 15 is 4.39 Å². The normalized spacial score (nSPS) is 11.4. The number of aromatic carboxylic acids is 1. The predicted molar refractivity (Wildman–Crippen MR) is 120 cm³/mol. The molecule has 14 heteroatoms. The number of hydrogen-bond donors (Lipinski definition) is 3. The molecule has 2 aromatic carbocycles. The summed E-state index contributed by atoms with van der Waals surface area (Å²) in [6, 6.07) is 5.92. The number of aromatic nitrogens is 2. The lowest BCUT2D eigenvalue weighted by molar-refractivity contribution is 0.0696. The molecular weight excluding hydrogens is 505 g/mol. The van der Waals surface area contributed by atoms with Crippen molar-refractivity contribution in [3.63, 3.8) is 0 Å². The van der Waals surface area contributed by atoms with Gasteiger partial charge in [-0.1, -0.05) is 0 Å². The maximum Gasteiger partial charge on any atom is 0.337 e. The van der Waals surface area contributed by atoms with E-state index in [1.807, 2.05) is 4.72 Å². The summed E-state index contributed by atoms with van der Waals surface area (Å²) < 4.78 is 77.9. The van der Waals surface area contributed by atoms with Crippen molar-refractivity contribution in [1.29, 1.82) is 0 Å². The standard InChI is InChI=1S/C22H15F3N4O6S/c1-35-16-3-2-12(7-13(16)23)36(33,34)28-19-15(8-14(24)17(18(19)25)20(26)30)29-5-4-10-6-11(22(31)32)9-27-21(10)29/h2-9,28H,1H3,(H2,26,30)(H,31,32). The first-order chi connectivity index (χ1) is 16.9. The van der Waals surface area contributed by atoms with Gasteiger partial charge in [0.25, 0.3) is 15.9 Å². The molecule has 0 saturated carbocycles. The number of pyridine rings is 1. The van der Waals surface area contributed by atoms with Crippen LogP contribution in [0, 0.1) is 17.5 Å². The van der Waals surface area contributed by atoms with E-state index in [9.17, 15) is 26.8 Å². The Morgan fingerprint density at radius 1 is 1.11 bits per heavy atom. The lowest BCUT2D eigenvalue weighted by atomic mass is 10.1. The van der Waals surface area contributed by atoms with Gasteiger partial charge in [-0.15, -0.1) is 0 Å². The summed E-state index contributed by atoms with van der Waals surface area (Å²) in [7, 11) is -3.52. The topological polar surface area (TPSA) is 154 Å². The quantitative estimate of drug-likeness (QED) is 0.338. The number of carboxylic acids is 1. The van der Waals surface area contributed by atoms with E-state index in [1.54, 1.807) is 0 Å². The number of primary amides is 1. The van der Waals surface area contributed by atoms with E-state index in [2.05, 4.69) is 4.98 Å². The van der Waals surface area contributed by atoms with Gasteiger partial charge in [-0.3, -0.25) is 14.1 Å². The van der Waals surface area contributed by atoms with Gasteiger partial charge in [0.2, 0.25) is 0 Å². The average Bonchev–Trinajstić information content (AvgIpc) is 3.23. The van der Waals surface area contributed by atoms with E-state index in [-0.39, 0.29) is 22.3 Å². The van der Waals surface area contributed by atoms with Crippen molar-refractivity contribution >= 4 is 38.6 Å². The number of ether oxygens (including phenoxy) is 1. The molecule has 2 aromatic heterocycles. The third-order valence-corrected chi connectivity index (χ3v) is 6.49. The number of hydrogen-bond acceptors (Lipinski definition) is 6. The van der Waals surface area contributed by atoms with Crippen molar-refractivity contribution in [2.45, 2.75) is 4.90 Å². The highest BCUT2D eigenvalue weighted by atomic mass is 32.2. The second kappa shape index (κ2) is 8.88. The van der Waals surface area contributed by atoms with Gasteiger partial charge in [0.1, 0.15) is 22.7 Å². The minimum absolute atomic E-state index is 0.0153. The van der Waals surface area contributed by atoms with Crippen LogP contribution in [-0.2, 0) is 10.0 Å². The van der Waals surface area contributed by atoms with E-state index < -0.39 is 61.2 Å². The van der Waals surface area contributed by atoms with Gasteiger partial charge in [-0.05, 0) is 30.3 Å². The molecule has 186 valence electrons. The van der Waals surface area contributed by atoms with Crippen molar-refractivity contribution < 1.29 is 41.0 Å². The number of methoxy groups -OCH3 is 1. The maximum atomic E-state index is 15.4. The van der Waals surface area contributed by atoms with Crippen molar-refractivity contribution in [2.24, 2.45) is 5.73 Å². The fourth-order valence-electron chi connectivity index (χ4n) is 3.46. The molecule has 0 unspecified atom stereocenters. The molecule has 0 aliphatic heterocycles. The molecule has 1 amide bonds. The fraction of sp³-hybridized carbons (Fsp3) is 0.0455. The molecule has 0 aliphatic carbocycles. The maximum absolute atomic E-state index is 15.4. The number of amides is 1. The van der Waals surface area contributed by atoms with Gasteiger partial charge in [0.05, 0.1) is 23.3 Å². The number of nitrogens with two attached hydrogens (primary N) is 1.